The molecule has 6 heteroatoms. The quantitative estimate of drug-likeness (QED) is 0.591. The Labute approximate surface area is 94.5 Å². The number of aromatic nitrogens is 2. The van der Waals surface area contributed by atoms with Gasteiger partial charge >= 0.3 is 0 Å². The van der Waals surface area contributed by atoms with E-state index in [9.17, 15) is 4.79 Å². The Morgan fingerprint density at radius 1 is 1.62 bits per heavy atom. The highest BCUT2D eigenvalue weighted by molar-refractivity contribution is 5.97. The predicted octanol–water partition coefficient (Wildman–Crippen LogP) is 0.538. The van der Waals surface area contributed by atoms with E-state index in [2.05, 4.69) is 22.4 Å². The molecule has 0 aliphatic heterocycles. The molecule has 0 aliphatic carbocycles. The van der Waals surface area contributed by atoms with E-state index in [1.165, 1.54) is 6.20 Å². The standard InChI is InChI=1S/C10H18N4O2/c1-2-3-5-16-6-4-12-10(15)8-7-13-14-9(8)11/h7H,2-6H2,1H3,(H,12,15)(H3,11,13,14). The van der Waals surface area contributed by atoms with Gasteiger partial charge in [0.25, 0.3) is 5.91 Å². The van der Waals surface area contributed by atoms with Crippen molar-refractivity contribution < 1.29 is 9.53 Å². The van der Waals surface area contributed by atoms with Gasteiger partial charge in [-0.15, -0.1) is 0 Å². The summed E-state index contributed by atoms with van der Waals surface area (Å²) in [6.45, 7) is 3.84. The molecular formula is C10H18N4O2. The zero-order chi connectivity index (χ0) is 11.8. The van der Waals surface area contributed by atoms with Crippen molar-refractivity contribution in [3.8, 4) is 0 Å². The third kappa shape index (κ3) is 3.90. The number of nitrogens with zero attached hydrogens (tertiary/aromatic N) is 1. The first-order valence-corrected chi connectivity index (χ1v) is 5.40. The second-order valence-electron chi connectivity index (χ2n) is 3.42. The lowest BCUT2D eigenvalue weighted by Crippen LogP contribution is -2.27. The van der Waals surface area contributed by atoms with Crippen molar-refractivity contribution in [1.82, 2.24) is 15.5 Å². The summed E-state index contributed by atoms with van der Waals surface area (Å²) in [6, 6.07) is 0. The van der Waals surface area contributed by atoms with E-state index in [-0.39, 0.29) is 11.7 Å². The second kappa shape index (κ2) is 6.84. The minimum Gasteiger partial charge on any atom is -0.383 e. The fourth-order valence-electron chi connectivity index (χ4n) is 1.16. The van der Waals surface area contributed by atoms with Gasteiger partial charge in [-0.2, -0.15) is 5.10 Å². The molecule has 1 rings (SSSR count). The smallest absolute Gasteiger partial charge is 0.256 e. The first-order chi connectivity index (χ1) is 7.75. The molecule has 1 aromatic heterocycles. The van der Waals surface area contributed by atoms with E-state index in [4.69, 9.17) is 10.5 Å². The van der Waals surface area contributed by atoms with Crippen LogP contribution in [-0.2, 0) is 4.74 Å². The molecule has 4 N–H and O–H groups in total. The molecule has 1 amide bonds. The zero-order valence-corrected chi connectivity index (χ0v) is 9.45. The maximum atomic E-state index is 11.5. The van der Waals surface area contributed by atoms with Crippen LogP contribution in [0.3, 0.4) is 0 Å². The number of carbonyl (C=O) groups is 1. The Bertz CT molecular complexity index is 324. The summed E-state index contributed by atoms with van der Waals surface area (Å²) >= 11 is 0. The summed E-state index contributed by atoms with van der Waals surface area (Å²) in [6.07, 6.45) is 3.56. The largest absolute Gasteiger partial charge is 0.383 e. The van der Waals surface area contributed by atoms with E-state index >= 15 is 0 Å². The van der Waals surface area contributed by atoms with Crippen LogP contribution in [0.2, 0.25) is 0 Å². The van der Waals surface area contributed by atoms with Crippen molar-refractivity contribution in [2.45, 2.75) is 19.8 Å². The summed E-state index contributed by atoms with van der Waals surface area (Å²) in [5, 5.41) is 8.87. The summed E-state index contributed by atoms with van der Waals surface area (Å²) in [5.74, 6) is 0.0507. The van der Waals surface area contributed by atoms with Gasteiger partial charge in [0.15, 0.2) is 0 Å². The molecular weight excluding hydrogens is 208 g/mol. The third-order valence-electron chi connectivity index (χ3n) is 2.09. The number of H-pyrrole nitrogens is 1. The summed E-state index contributed by atoms with van der Waals surface area (Å²) in [4.78, 5) is 11.5. The number of amides is 1. The number of nitrogens with two attached hydrogens (primary N) is 1. The molecule has 0 unspecified atom stereocenters. The fraction of sp³-hybridized carbons (Fsp3) is 0.600. The van der Waals surface area contributed by atoms with Crippen molar-refractivity contribution in [2.24, 2.45) is 0 Å². The van der Waals surface area contributed by atoms with Gasteiger partial charge in [0.2, 0.25) is 0 Å². The first kappa shape index (κ1) is 12.5. The van der Waals surface area contributed by atoms with Crippen LogP contribution in [-0.4, -0.2) is 35.9 Å². The number of hydrogen-bond acceptors (Lipinski definition) is 4. The second-order valence-corrected chi connectivity index (χ2v) is 3.42. The number of nitrogens with one attached hydrogen (secondary N) is 2. The lowest BCUT2D eigenvalue weighted by atomic mass is 10.3. The van der Waals surface area contributed by atoms with Gasteiger partial charge in [0.1, 0.15) is 11.4 Å². The Kier molecular flexibility index (Phi) is 5.35. The highest BCUT2D eigenvalue weighted by atomic mass is 16.5. The van der Waals surface area contributed by atoms with E-state index < -0.39 is 0 Å². The lowest BCUT2D eigenvalue weighted by molar-refractivity contribution is 0.0913. The van der Waals surface area contributed by atoms with Crippen molar-refractivity contribution in [3.63, 3.8) is 0 Å². The van der Waals surface area contributed by atoms with Gasteiger partial charge < -0.3 is 15.8 Å². The van der Waals surface area contributed by atoms with E-state index in [0.717, 1.165) is 19.4 Å². The molecule has 16 heavy (non-hydrogen) atoms. The molecule has 0 spiro atoms. The van der Waals surface area contributed by atoms with Crippen LogP contribution in [0.1, 0.15) is 30.1 Å². The SMILES string of the molecule is CCCCOCCNC(=O)c1cn[nH]c1N. The molecule has 90 valence electrons. The van der Waals surface area contributed by atoms with Crippen molar-refractivity contribution in [3.05, 3.63) is 11.8 Å². The third-order valence-corrected chi connectivity index (χ3v) is 2.09. The lowest BCUT2D eigenvalue weighted by Gasteiger charge is -2.05. The maximum absolute atomic E-state index is 11.5. The molecule has 0 saturated carbocycles. The summed E-state index contributed by atoms with van der Waals surface area (Å²) < 4.78 is 5.30. The number of carbonyl (C=O) groups excluding carboxylic acids is 1. The van der Waals surface area contributed by atoms with Crippen LogP contribution >= 0.6 is 0 Å². The Morgan fingerprint density at radius 3 is 3.06 bits per heavy atom. The topological polar surface area (TPSA) is 93.0 Å². The van der Waals surface area contributed by atoms with Gasteiger partial charge in [-0.1, -0.05) is 13.3 Å². The monoisotopic (exact) mass is 226 g/mol. The molecule has 0 atom stereocenters. The van der Waals surface area contributed by atoms with Crippen LogP contribution in [0.25, 0.3) is 0 Å². The Hall–Kier alpha value is -1.56. The van der Waals surface area contributed by atoms with Crippen LogP contribution < -0.4 is 11.1 Å². The van der Waals surface area contributed by atoms with E-state index in [1.54, 1.807) is 0 Å². The molecule has 0 saturated heterocycles. The molecule has 6 nitrogen and oxygen atoms in total. The Balaban J connectivity index is 2.14. The van der Waals surface area contributed by atoms with Crippen LogP contribution in [0.5, 0.6) is 0 Å². The molecule has 1 aromatic rings. The summed E-state index contributed by atoms with van der Waals surface area (Å²) in [5.41, 5.74) is 5.87. The van der Waals surface area contributed by atoms with Crippen molar-refractivity contribution in [2.75, 3.05) is 25.5 Å². The summed E-state index contributed by atoms with van der Waals surface area (Å²) in [7, 11) is 0. The predicted molar refractivity (Wildman–Crippen MR) is 61.1 cm³/mol. The van der Waals surface area contributed by atoms with Gasteiger partial charge in [-0.3, -0.25) is 9.89 Å². The molecule has 1 heterocycles. The molecule has 0 aromatic carbocycles. The van der Waals surface area contributed by atoms with Crippen molar-refractivity contribution in [1.29, 1.82) is 0 Å². The number of nitrogen functional groups attached to an aromatic ring is 1. The average Bonchev–Trinajstić information content (AvgIpc) is 2.69. The number of anilines is 1. The van der Waals surface area contributed by atoms with E-state index in [0.29, 0.717) is 18.7 Å². The number of aromatic amines is 1. The highest BCUT2D eigenvalue weighted by Crippen LogP contribution is 2.04. The zero-order valence-electron chi connectivity index (χ0n) is 9.45. The maximum Gasteiger partial charge on any atom is 0.256 e. The normalized spacial score (nSPS) is 10.3. The Morgan fingerprint density at radius 2 is 2.44 bits per heavy atom. The molecule has 0 aliphatic rings. The average molecular weight is 226 g/mol. The number of rotatable bonds is 7. The minimum atomic E-state index is -0.231. The van der Waals surface area contributed by atoms with Gasteiger partial charge in [-0.25, -0.2) is 0 Å². The van der Waals surface area contributed by atoms with Crippen LogP contribution in [0, 0.1) is 0 Å². The van der Waals surface area contributed by atoms with Crippen LogP contribution in [0.15, 0.2) is 6.20 Å². The molecule has 0 radical (unpaired) electrons. The molecule has 0 fully saturated rings. The first-order valence-electron chi connectivity index (χ1n) is 5.40. The number of unbranched alkanes of at least 4 members (excludes halogenated alkanes) is 1. The number of ether oxygens (including phenoxy) is 1. The van der Waals surface area contributed by atoms with Gasteiger partial charge in [-0.05, 0) is 6.42 Å². The fourth-order valence-corrected chi connectivity index (χ4v) is 1.16. The van der Waals surface area contributed by atoms with Gasteiger partial charge in [0, 0.05) is 13.2 Å². The van der Waals surface area contributed by atoms with E-state index in [1.807, 2.05) is 0 Å². The molecule has 0 bridgehead atoms. The highest BCUT2D eigenvalue weighted by Gasteiger charge is 2.10. The van der Waals surface area contributed by atoms with Crippen LogP contribution in [0.4, 0.5) is 5.82 Å². The number of hydrogen-bond donors (Lipinski definition) is 3. The van der Waals surface area contributed by atoms with Crippen molar-refractivity contribution >= 4 is 11.7 Å². The minimum absolute atomic E-state index is 0.231. The van der Waals surface area contributed by atoms with Gasteiger partial charge in [0.05, 0.1) is 12.8 Å².